The summed E-state index contributed by atoms with van der Waals surface area (Å²) in [6, 6.07) is 0. The van der Waals surface area contributed by atoms with E-state index in [-0.39, 0.29) is 5.91 Å². The predicted molar refractivity (Wildman–Crippen MR) is 109 cm³/mol. The van der Waals surface area contributed by atoms with E-state index in [4.69, 9.17) is 4.98 Å². The SMILES string of the molecule is CSc1c(/C=[CH]/[Sn]([CH3])([CH3])[CH3])nc(NCCNC(C)=O)c2ncc(C)n12. The Morgan fingerprint density at radius 3 is 2.68 bits per heavy atom. The summed E-state index contributed by atoms with van der Waals surface area (Å²) in [6.45, 7) is 4.73. The van der Waals surface area contributed by atoms with Crippen LogP contribution in [0.4, 0.5) is 5.82 Å². The molecule has 1 amide bonds. The van der Waals surface area contributed by atoms with Crippen LogP contribution in [0.15, 0.2) is 15.3 Å². The predicted octanol–water partition coefficient (Wildman–Crippen LogP) is 3.20. The van der Waals surface area contributed by atoms with Gasteiger partial charge >= 0.3 is 158 Å². The van der Waals surface area contributed by atoms with Crippen molar-refractivity contribution >= 4 is 53.6 Å². The molecule has 0 fully saturated rings. The van der Waals surface area contributed by atoms with Crippen molar-refractivity contribution in [2.75, 3.05) is 24.7 Å². The van der Waals surface area contributed by atoms with Crippen LogP contribution in [0.5, 0.6) is 0 Å². The normalized spacial score (nSPS) is 12.1. The van der Waals surface area contributed by atoms with Gasteiger partial charge in [0, 0.05) is 0 Å². The number of nitrogens with zero attached hydrogens (tertiary/aromatic N) is 3. The van der Waals surface area contributed by atoms with Gasteiger partial charge in [0.1, 0.15) is 0 Å². The van der Waals surface area contributed by atoms with E-state index in [2.05, 4.69) is 58.2 Å². The number of aryl methyl sites for hydroxylation is 1. The Morgan fingerprint density at radius 2 is 2.08 bits per heavy atom. The number of thioether (sulfide) groups is 1. The fourth-order valence-corrected chi connectivity index (χ4v) is 4.98. The summed E-state index contributed by atoms with van der Waals surface area (Å²) in [7, 11) is 0. The zero-order valence-corrected chi connectivity index (χ0v) is 19.5. The first kappa shape index (κ1) is 20.1. The Hall–Kier alpha value is -1.22. The van der Waals surface area contributed by atoms with Crippen LogP contribution in [0.25, 0.3) is 11.7 Å². The number of imidazole rings is 1. The van der Waals surface area contributed by atoms with Crippen LogP contribution in [-0.4, -0.2) is 58.0 Å². The van der Waals surface area contributed by atoms with Crippen molar-refractivity contribution in [3.05, 3.63) is 21.7 Å². The Balaban J connectivity index is 2.43. The van der Waals surface area contributed by atoms with Crippen LogP contribution in [0.2, 0.25) is 14.8 Å². The molecule has 0 aliphatic rings. The molecule has 0 atom stereocenters. The second kappa shape index (κ2) is 8.44. The van der Waals surface area contributed by atoms with Crippen LogP contribution in [0.1, 0.15) is 18.3 Å². The molecule has 0 aliphatic carbocycles. The minimum absolute atomic E-state index is 0.0319. The molecule has 0 aromatic carbocycles. The van der Waals surface area contributed by atoms with E-state index in [0.717, 1.165) is 27.9 Å². The van der Waals surface area contributed by atoms with Crippen molar-refractivity contribution in [3.8, 4) is 0 Å². The van der Waals surface area contributed by atoms with E-state index in [0.29, 0.717) is 13.1 Å². The molecule has 6 nitrogen and oxygen atoms in total. The Bertz CT molecular complexity index is 794. The number of aromatic nitrogens is 3. The molecule has 0 spiro atoms. The van der Waals surface area contributed by atoms with Gasteiger partial charge in [-0.1, -0.05) is 0 Å². The van der Waals surface area contributed by atoms with Crippen LogP contribution >= 0.6 is 11.8 Å². The molecule has 136 valence electrons. The number of nitrogens with one attached hydrogen (secondary N) is 2. The van der Waals surface area contributed by atoms with Crippen LogP contribution in [0.3, 0.4) is 0 Å². The maximum atomic E-state index is 11.0. The number of hydrogen-bond acceptors (Lipinski definition) is 5. The third kappa shape index (κ3) is 5.37. The van der Waals surface area contributed by atoms with Gasteiger partial charge in [-0.3, -0.25) is 0 Å². The summed E-state index contributed by atoms with van der Waals surface area (Å²) in [4.78, 5) is 27.5. The van der Waals surface area contributed by atoms with Gasteiger partial charge < -0.3 is 0 Å². The standard InChI is InChI=1S/C14H18N5OS.3CH3.Sn/c1-5-11-14(21-4)19-9(2)8-17-13(19)12(18-11)16-7-6-15-10(3)20;;;;/h1,5,8H,6-7H2,2-4H3,(H,15,20)(H,16,18);3*1H3;. The first-order valence-corrected chi connectivity index (χ1v) is 19.8. The topological polar surface area (TPSA) is 71.3 Å². The van der Waals surface area contributed by atoms with E-state index in [9.17, 15) is 4.79 Å². The van der Waals surface area contributed by atoms with E-state index >= 15 is 0 Å². The number of carbonyl (C=O) groups is 1. The third-order valence-electron chi connectivity index (χ3n) is 3.53. The molecule has 0 radical (unpaired) electrons. The second-order valence-corrected chi connectivity index (χ2v) is 22.3. The summed E-state index contributed by atoms with van der Waals surface area (Å²) >= 11 is -0.360. The summed E-state index contributed by atoms with van der Waals surface area (Å²) in [5, 5.41) is 7.20. The Labute approximate surface area is 157 Å². The summed E-state index contributed by atoms with van der Waals surface area (Å²) in [5.74, 6) is 0.718. The van der Waals surface area contributed by atoms with Gasteiger partial charge in [-0.25, -0.2) is 0 Å². The van der Waals surface area contributed by atoms with Crippen molar-refractivity contribution in [2.24, 2.45) is 0 Å². The van der Waals surface area contributed by atoms with Crippen molar-refractivity contribution < 1.29 is 4.79 Å². The van der Waals surface area contributed by atoms with Gasteiger partial charge in [0.25, 0.3) is 0 Å². The van der Waals surface area contributed by atoms with Crippen LogP contribution in [0, 0.1) is 6.92 Å². The Kier molecular flexibility index (Phi) is 6.78. The van der Waals surface area contributed by atoms with Crippen molar-refractivity contribution in [1.82, 2.24) is 19.7 Å². The monoisotopic (exact) mass is 469 g/mol. The number of fused-ring (bicyclic) bond motifs is 1. The summed E-state index contributed by atoms with van der Waals surface area (Å²) in [5.41, 5.74) is 2.87. The van der Waals surface area contributed by atoms with Gasteiger partial charge in [0.15, 0.2) is 0 Å². The van der Waals surface area contributed by atoms with Gasteiger partial charge in [0.05, 0.1) is 0 Å². The molecule has 2 N–H and O–H groups in total. The van der Waals surface area contributed by atoms with E-state index in [1.54, 1.807) is 11.8 Å². The molecule has 0 bridgehead atoms. The molecule has 0 aliphatic heterocycles. The number of anilines is 1. The first-order valence-electron chi connectivity index (χ1n) is 8.32. The molecule has 0 saturated heterocycles. The average Bonchev–Trinajstić information content (AvgIpc) is 2.90. The third-order valence-corrected chi connectivity index (χ3v) is 7.64. The van der Waals surface area contributed by atoms with Crippen molar-refractivity contribution in [1.29, 1.82) is 0 Å². The number of carbonyl (C=O) groups excluding carboxylic acids is 1. The number of rotatable bonds is 7. The maximum absolute atomic E-state index is 11.0. The molecular formula is C17H27N5OSSn. The van der Waals surface area contributed by atoms with Crippen molar-refractivity contribution in [2.45, 2.75) is 33.7 Å². The molecule has 2 rings (SSSR count). The van der Waals surface area contributed by atoms with Gasteiger partial charge in [-0.2, -0.15) is 0 Å². The molecular weight excluding hydrogens is 441 g/mol. The molecule has 0 unspecified atom stereocenters. The molecule has 25 heavy (non-hydrogen) atoms. The summed E-state index contributed by atoms with van der Waals surface area (Å²) in [6.07, 6.45) is 6.10. The summed E-state index contributed by atoms with van der Waals surface area (Å²) < 4.78 is 4.52. The average molecular weight is 468 g/mol. The zero-order chi connectivity index (χ0) is 18.6. The Morgan fingerprint density at radius 1 is 1.36 bits per heavy atom. The van der Waals surface area contributed by atoms with E-state index < -0.39 is 18.4 Å². The molecule has 0 saturated carbocycles. The first-order chi connectivity index (χ1) is 11.7. The van der Waals surface area contributed by atoms with Gasteiger partial charge in [-0.15, -0.1) is 0 Å². The number of hydrogen-bond donors (Lipinski definition) is 2. The van der Waals surface area contributed by atoms with Gasteiger partial charge in [0.2, 0.25) is 0 Å². The zero-order valence-electron chi connectivity index (χ0n) is 15.8. The molecule has 2 heterocycles. The van der Waals surface area contributed by atoms with Crippen LogP contribution < -0.4 is 10.6 Å². The molecule has 2 aromatic heterocycles. The molecule has 8 heteroatoms. The minimum atomic E-state index is -2.04. The molecule has 2 aromatic rings. The number of amides is 1. The fourth-order valence-electron chi connectivity index (χ4n) is 2.36. The second-order valence-electron chi connectivity index (χ2n) is 7.02. The fraction of sp³-hybridized carbons (Fsp3) is 0.471. The quantitative estimate of drug-likeness (QED) is 0.371. The van der Waals surface area contributed by atoms with E-state index in [1.807, 2.05) is 6.20 Å². The van der Waals surface area contributed by atoms with Crippen LogP contribution in [-0.2, 0) is 4.79 Å². The van der Waals surface area contributed by atoms with Crippen molar-refractivity contribution in [3.63, 3.8) is 0 Å². The van der Waals surface area contributed by atoms with Gasteiger partial charge in [-0.05, 0) is 0 Å². The van der Waals surface area contributed by atoms with E-state index in [1.165, 1.54) is 6.92 Å².